The number of benzene rings is 1. The number of nitrogens with one attached hydrogen (secondary N) is 2. The maximum atomic E-state index is 12.7. The van der Waals surface area contributed by atoms with Crippen LogP contribution >= 0.6 is 0 Å². The molecular weight excluding hydrogens is 451 g/mol. The van der Waals surface area contributed by atoms with Crippen molar-refractivity contribution in [2.45, 2.75) is 82.2 Å². The number of aryl methyl sites for hydroxylation is 1. The van der Waals surface area contributed by atoms with E-state index < -0.39 is 47.6 Å². The Morgan fingerprint density at radius 1 is 1.29 bits per heavy atom. The van der Waals surface area contributed by atoms with Crippen LogP contribution in [0.3, 0.4) is 0 Å². The molecule has 2 aliphatic rings. The van der Waals surface area contributed by atoms with Crippen molar-refractivity contribution in [1.82, 2.24) is 15.5 Å². The molecule has 3 rings (SSSR count). The van der Waals surface area contributed by atoms with Crippen LogP contribution in [0, 0.1) is 6.92 Å². The van der Waals surface area contributed by atoms with Gasteiger partial charge in [-0.25, -0.2) is 4.79 Å². The Labute approximate surface area is 198 Å². The first kappa shape index (κ1) is 26.3. The van der Waals surface area contributed by atoms with Crippen LogP contribution in [0.1, 0.15) is 57.1 Å². The summed E-state index contributed by atoms with van der Waals surface area (Å²) in [4.78, 5) is 25.6. The lowest BCUT2D eigenvalue weighted by molar-refractivity contribution is -0.147. The first-order valence-electron chi connectivity index (χ1n) is 11.6. The molecule has 0 aliphatic carbocycles. The first-order chi connectivity index (χ1) is 15.8. The van der Waals surface area contributed by atoms with Crippen molar-refractivity contribution >= 4 is 11.9 Å². The number of amides is 3. The van der Waals surface area contributed by atoms with Gasteiger partial charge in [-0.05, 0) is 75.9 Å². The van der Waals surface area contributed by atoms with Gasteiger partial charge in [0.15, 0.2) is 0 Å². The van der Waals surface area contributed by atoms with Crippen molar-refractivity contribution in [3.05, 3.63) is 29.3 Å². The molecule has 34 heavy (non-hydrogen) atoms. The van der Waals surface area contributed by atoms with E-state index in [0.29, 0.717) is 18.7 Å². The quantitative estimate of drug-likeness (QED) is 0.491. The van der Waals surface area contributed by atoms with Gasteiger partial charge >= 0.3 is 12.2 Å². The summed E-state index contributed by atoms with van der Waals surface area (Å²) in [5.41, 5.74) is -0.277. The van der Waals surface area contributed by atoms with Crippen LogP contribution in [0.4, 0.5) is 18.0 Å². The fourth-order valence-corrected chi connectivity index (χ4v) is 5.53. The van der Waals surface area contributed by atoms with Crippen LogP contribution < -0.4 is 15.4 Å². The molecule has 0 saturated carbocycles. The highest BCUT2D eigenvalue weighted by Gasteiger charge is 2.56. The lowest BCUT2D eigenvalue weighted by Gasteiger charge is -2.57. The average Bonchev–Trinajstić information content (AvgIpc) is 3.09. The molecule has 0 aromatic heterocycles. The fraction of sp³-hybridized carbons (Fsp3) is 0.667. The molecule has 7 nitrogen and oxygen atoms in total. The summed E-state index contributed by atoms with van der Waals surface area (Å²) in [5.74, 6) is 0.199. The highest BCUT2D eigenvalue weighted by atomic mass is 19.4. The van der Waals surface area contributed by atoms with E-state index in [0.717, 1.165) is 11.1 Å². The van der Waals surface area contributed by atoms with E-state index >= 15 is 0 Å². The number of piperidine rings is 1. The van der Waals surface area contributed by atoms with E-state index in [1.54, 1.807) is 7.11 Å². The third-order valence-corrected chi connectivity index (χ3v) is 7.71. The SMILES string of the molecule is COc1ccc(C)c([C@]2(C)CCN(CCCC(F)(F)F)[C@H](C)[C@]2(O)CC[C@H]2NC(=O)NC2=O)c1. The summed E-state index contributed by atoms with van der Waals surface area (Å²) in [6.07, 6.45) is -4.27. The molecule has 0 unspecified atom stereocenters. The van der Waals surface area contributed by atoms with Gasteiger partial charge < -0.3 is 15.2 Å². The van der Waals surface area contributed by atoms with Gasteiger partial charge in [0, 0.05) is 17.9 Å². The van der Waals surface area contributed by atoms with E-state index in [1.165, 1.54) is 0 Å². The number of carbonyl (C=O) groups excluding carboxylic acids is 2. The van der Waals surface area contributed by atoms with Crippen molar-refractivity contribution < 1.29 is 32.6 Å². The van der Waals surface area contributed by atoms with Gasteiger partial charge in [0.2, 0.25) is 0 Å². The van der Waals surface area contributed by atoms with Crippen LogP contribution in [0.15, 0.2) is 18.2 Å². The zero-order valence-electron chi connectivity index (χ0n) is 20.1. The van der Waals surface area contributed by atoms with Crippen LogP contribution in [0.2, 0.25) is 0 Å². The number of likely N-dealkylation sites (tertiary alicyclic amines) is 1. The second-order valence-corrected chi connectivity index (χ2v) is 9.67. The summed E-state index contributed by atoms with van der Waals surface area (Å²) >= 11 is 0. The highest BCUT2D eigenvalue weighted by molar-refractivity contribution is 6.04. The third kappa shape index (κ3) is 5.17. The number of ether oxygens (including phenoxy) is 1. The van der Waals surface area contributed by atoms with Crippen molar-refractivity contribution in [1.29, 1.82) is 0 Å². The van der Waals surface area contributed by atoms with Crippen LogP contribution in [0.25, 0.3) is 0 Å². The highest BCUT2D eigenvalue weighted by Crippen LogP contribution is 2.49. The van der Waals surface area contributed by atoms with Crippen molar-refractivity contribution in [3.8, 4) is 5.75 Å². The number of imide groups is 1. The second-order valence-electron chi connectivity index (χ2n) is 9.67. The number of rotatable bonds is 8. The topological polar surface area (TPSA) is 90.9 Å². The zero-order valence-corrected chi connectivity index (χ0v) is 20.1. The molecule has 2 saturated heterocycles. The first-order valence-corrected chi connectivity index (χ1v) is 11.6. The zero-order chi connectivity index (χ0) is 25.3. The molecule has 2 fully saturated rings. The molecule has 0 spiro atoms. The molecular formula is C24H34F3N3O4. The lowest BCUT2D eigenvalue weighted by atomic mass is 9.58. The second kappa shape index (κ2) is 9.73. The summed E-state index contributed by atoms with van der Waals surface area (Å²) in [6.45, 7) is 6.47. The van der Waals surface area contributed by atoms with Crippen molar-refractivity contribution in [2.75, 3.05) is 20.2 Å². The van der Waals surface area contributed by atoms with Crippen LogP contribution in [-0.4, -0.2) is 66.0 Å². The Balaban J connectivity index is 1.92. The Morgan fingerprint density at radius 3 is 2.59 bits per heavy atom. The summed E-state index contributed by atoms with van der Waals surface area (Å²) in [7, 11) is 1.57. The van der Waals surface area contributed by atoms with Gasteiger partial charge in [-0.15, -0.1) is 0 Å². The minimum Gasteiger partial charge on any atom is -0.497 e. The minimum atomic E-state index is -4.23. The normalized spacial score (nSPS) is 30.2. The molecule has 190 valence electrons. The number of methoxy groups -OCH3 is 1. The average molecular weight is 486 g/mol. The number of hydrogen-bond donors (Lipinski definition) is 3. The van der Waals surface area contributed by atoms with Crippen LogP contribution in [-0.2, 0) is 10.2 Å². The third-order valence-electron chi connectivity index (χ3n) is 7.71. The monoisotopic (exact) mass is 485 g/mol. The van der Waals surface area contributed by atoms with Gasteiger partial charge in [-0.2, -0.15) is 13.2 Å². The van der Waals surface area contributed by atoms with E-state index in [-0.39, 0.29) is 25.8 Å². The van der Waals surface area contributed by atoms with E-state index in [2.05, 4.69) is 10.6 Å². The molecule has 2 aliphatic heterocycles. The van der Waals surface area contributed by atoms with E-state index in [4.69, 9.17) is 4.74 Å². The van der Waals surface area contributed by atoms with Gasteiger partial charge in [-0.1, -0.05) is 13.0 Å². The minimum absolute atomic E-state index is 0.0556. The number of alkyl halides is 3. The number of nitrogens with zero attached hydrogens (tertiary/aromatic N) is 1. The molecule has 3 N–H and O–H groups in total. The summed E-state index contributed by atoms with van der Waals surface area (Å²) in [5, 5.41) is 17.1. The molecule has 10 heteroatoms. The Kier molecular flexibility index (Phi) is 7.52. The smallest absolute Gasteiger partial charge is 0.389 e. The molecule has 1 aromatic carbocycles. The Hall–Kier alpha value is -2.33. The molecule has 1 aromatic rings. The number of halogens is 3. The Bertz CT molecular complexity index is 925. The molecule has 4 atom stereocenters. The van der Waals surface area contributed by atoms with Gasteiger partial charge in [0.1, 0.15) is 11.8 Å². The summed E-state index contributed by atoms with van der Waals surface area (Å²) in [6, 6.07) is 3.85. The van der Waals surface area contributed by atoms with Crippen molar-refractivity contribution in [2.24, 2.45) is 0 Å². The molecule has 0 radical (unpaired) electrons. The van der Waals surface area contributed by atoms with Gasteiger partial charge in [-0.3, -0.25) is 15.0 Å². The predicted molar refractivity (Wildman–Crippen MR) is 121 cm³/mol. The maximum absolute atomic E-state index is 12.7. The van der Waals surface area contributed by atoms with Gasteiger partial charge in [0.25, 0.3) is 5.91 Å². The number of hydrogen-bond acceptors (Lipinski definition) is 5. The van der Waals surface area contributed by atoms with Crippen LogP contribution in [0.5, 0.6) is 5.75 Å². The Morgan fingerprint density at radius 2 is 2.00 bits per heavy atom. The number of aliphatic hydroxyl groups is 1. The molecule has 0 bridgehead atoms. The number of carbonyl (C=O) groups is 2. The molecule has 3 amide bonds. The summed E-state index contributed by atoms with van der Waals surface area (Å²) < 4.78 is 43.6. The van der Waals surface area contributed by atoms with Crippen molar-refractivity contribution in [3.63, 3.8) is 0 Å². The lowest BCUT2D eigenvalue weighted by Crippen LogP contribution is -2.67. The van der Waals surface area contributed by atoms with Gasteiger partial charge in [0.05, 0.1) is 12.7 Å². The predicted octanol–water partition coefficient (Wildman–Crippen LogP) is 3.42. The van der Waals surface area contributed by atoms with E-state index in [9.17, 15) is 27.9 Å². The fourth-order valence-electron chi connectivity index (χ4n) is 5.53. The maximum Gasteiger partial charge on any atom is 0.389 e. The standard InChI is InChI=1S/C24H34F3N3O4/c1-15-6-7-17(34-4)14-18(15)22(3)11-13-30(12-5-9-24(25,26)27)16(2)23(22,33)10-8-19-20(31)29-21(32)28-19/h6-7,14,16,19,33H,5,8-13H2,1-4H3,(H2,28,29,31,32)/t16-,19-,22+,23-/m1/s1. The largest absolute Gasteiger partial charge is 0.497 e. The molecule has 2 heterocycles. The van der Waals surface area contributed by atoms with E-state index in [1.807, 2.05) is 43.9 Å². The number of urea groups is 1.